The molecule has 0 fully saturated rings. The summed E-state index contributed by atoms with van der Waals surface area (Å²) in [6.07, 6.45) is -3.61. The Hall–Kier alpha value is -1.52. The fourth-order valence-corrected chi connectivity index (χ4v) is 1.16. The molecule has 68 valence electrons. The van der Waals surface area contributed by atoms with Crippen molar-refractivity contribution in [2.75, 3.05) is 0 Å². The van der Waals surface area contributed by atoms with Gasteiger partial charge in [0.05, 0.1) is 11.0 Å². The first-order valence-electron chi connectivity index (χ1n) is 3.58. The number of halogens is 3. The molecule has 2 rings (SSSR count). The number of benzene rings is 1. The standard InChI is InChI=1S/C8H5F3N2/c9-8(10,11)13-5-12-6-3-1-2-4-7(6)13/h1-5H. The molecule has 0 N–H and O–H groups in total. The number of hydrogen-bond donors (Lipinski definition) is 0. The summed E-state index contributed by atoms with van der Waals surface area (Å²) < 4.78 is 37.0. The maximum absolute atomic E-state index is 12.3. The molecular formula is C8H5F3N2. The van der Waals surface area contributed by atoms with Crippen molar-refractivity contribution >= 4 is 11.0 Å². The molecule has 0 bridgehead atoms. The van der Waals surface area contributed by atoms with E-state index in [0.717, 1.165) is 6.33 Å². The van der Waals surface area contributed by atoms with Crippen LogP contribution >= 0.6 is 0 Å². The number of aromatic nitrogens is 2. The van der Waals surface area contributed by atoms with E-state index in [4.69, 9.17) is 0 Å². The summed E-state index contributed by atoms with van der Waals surface area (Å²) in [6.45, 7) is 0. The van der Waals surface area contributed by atoms with Gasteiger partial charge in [-0.2, -0.15) is 0 Å². The predicted octanol–water partition coefficient (Wildman–Crippen LogP) is 2.51. The number of para-hydroxylation sites is 2. The van der Waals surface area contributed by atoms with Crippen molar-refractivity contribution in [2.24, 2.45) is 0 Å². The zero-order valence-electron chi connectivity index (χ0n) is 6.42. The minimum Gasteiger partial charge on any atom is -0.241 e. The average molecular weight is 186 g/mol. The maximum atomic E-state index is 12.3. The first kappa shape index (κ1) is 8.10. The van der Waals surface area contributed by atoms with Gasteiger partial charge in [0, 0.05) is 0 Å². The smallest absolute Gasteiger partial charge is 0.241 e. The lowest BCUT2D eigenvalue weighted by Crippen LogP contribution is -2.14. The first-order chi connectivity index (χ1) is 6.09. The van der Waals surface area contributed by atoms with Crippen LogP contribution in [0.3, 0.4) is 0 Å². The predicted molar refractivity (Wildman–Crippen MR) is 41.0 cm³/mol. The van der Waals surface area contributed by atoms with Gasteiger partial charge in [0.15, 0.2) is 0 Å². The number of imidazole rings is 1. The van der Waals surface area contributed by atoms with Gasteiger partial charge >= 0.3 is 6.30 Å². The Balaban J connectivity index is 2.72. The van der Waals surface area contributed by atoms with Crippen LogP contribution in [0.5, 0.6) is 0 Å². The molecule has 0 spiro atoms. The van der Waals surface area contributed by atoms with E-state index in [1.807, 2.05) is 0 Å². The highest BCUT2D eigenvalue weighted by atomic mass is 19.4. The molecular weight excluding hydrogens is 181 g/mol. The largest absolute Gasteiger partial charge is 0.490 e. The molecule has 1 aromatic carbocycles. The van der Waals surface area contributed by atoms with Crippen LogP contribution in [0.25, 0.3) is 11.0 Å². The summed E-state index contributed by atoms with van der Waals surface area (Å²) in [6, 6.07) is 6.12. The Bertz CT molecular complexity index is 430. The van der Waals surface area contributed by atoms with E-state index in [1.165, 1.54) is 12.1 Å². The van der Waals surface area contributed by atoms with Gasteiger partial charge in [-0.3, -0.25) is 0 Å². The van der Waals surface area contributed by atoms with Gasteiger partial charge in [0.1, 0.15) is 6.33 Å². The van der Waals surface area contributed by atoms with E-state index in [-0.39, 0.29) is 10.1 Å². The number of nitrogens with zero attached hydrogens (tertiary/aromatic N) is 2. The van der Waals surface area contributed by atoms with Crippen LogP contribution in [-0.2, 0) is 6.30 Å². The van der Waals surface area contributed by atoms with Crippen LogP contribution < -0.4 is 0 Å². The molecule has 0 radical (unpaired) electrons. The Labute approximate surface area is 71.6 Å². The molecule has 1 heterocycles. The summed E-state index contributed by atoms with van der Waals surface area (Å²) in [7, 11) is 0. The second-order valence-corrected chi connectivity index (χ2v) is 2.57. The minimum atomic E-state index is -4.39. The van der Waals surface area contributed by atoms with E-state index in [1.54, 1.807) is 12.1 Å². The van der Waals surface area contributed by atoms with Crippen molar-refractivity contribution in [1.82, 2.24) is 9.55 Å². The molecule has 0 atom stereocenters. The van der Waals surface area contributed by atoms with Crippen molar-refractivity contribution in [2.45, 2.75) is 6.30 Å². The molecule has 2 aromatic rings. The number of hydrogen-bond acceptors (Lipinski definition) is 1. The Morgan fingerprint density at radius 3 is 2.54 bits per heavy atom. The molecule has 13 heavy (non-hydrogen) atoms. The molecule has 5 heteroatoms. The van der Waals surface area contributed by atoms with Gasteiger partial charge in [0.2, 0.25) is 0 Å². The average Bonchev–Trinajstić information content (AvgIpc) is 2.45. The lowest BCUT2D eigenvalue weighted by atomic mass is 10.3. The van der Waals surface area contributed by atoms with Crippen molar-refractivity contribution in [3.8, 4) is 0 Å². The number of rotatable bonds is 0. The SMILES string of the molecule is FC(F)(F)n1cnc2ccccc21. The van der Waals surface area contributed by atoms with Gasteiger partial charge in [0.25, 0.3) is 0 Å². The highest BCUT2D eigenvalue weighted by Gasteiger charge is 2.31. The molecule has 0 saturated carbocycles. The molecule has 0 aliphatic heterocycles. The van der Waals surface area contributed by atoms with Crippen molar-refractivity contribution < 1.29 is 13.2 Å². The normalized spacial score (nSPS) is 12.2. The highest BCUT2D eigenvalue weighted by Crippen LogP contribution is 2.26. The van der Waals surface area contributed by atoms with Gasteiger partial charge in [-0.05, 0) is 12.1 Å². The zero-order chi connectivity index (χ0) is 9.47. The minimum absolute atomic E-state index is 0.0787. The Kier molecular flexibility index (Phi) is 1.55. The van der Waals surface area contributed by atoms with Crippen LogP contribution in [0, 0.1) is 0 Å². The second kappa shape index (κ2) is 2.48. The van der Waals surface area contributed by atoms with Crippen molar-refractivity contribution in [1.29, 1.82) is 0 Å². The van der Waals surface area contributed by atoms with Gasteiger partial charge in [-0.1, -0.05) is 12.1 Å². The van der Waals surface area contributed by atoms with Crippen LogP contribution in [0.2, 0.25) is 0 Å². The third-order valence-corrected chi connectivity index (χ3v) is 1.73. The monoisotopic (exact) mass is 186 g/mol. The number of fused-ring (bicyclic) bond motifs is 1. The summed E-state index contributed by atoms with van der Waals surface area (Å²) >= 11 is 0. The van der Waals surface area contributed by atoms with Gasteiger partial charge < -0.3 is 0 Å². The molecule has 2 nitrogen and oxygen atoms in total. The van der Waals surface area contributed by atoms with E-state index in [2.05, 4.69) is 4.98 Å². The summed E-state index contributed by atoms with van der Waals surface area (Å²) in [5, 5.41) is 0. The summed E-state index contributed by atoms with van der Waals surface area (Å²) in [5.74, 6) is 0. The van der Waals surface area contributed by atoms with Crippen LogP contribution in [0.1, 0.15) is 0 Å². The van der Waals surface area contributed by atoms with Gasteiger partial charge in [-0.25, -0.2) is 9.55 Å². The lowest BCUT2D eigenvalue weighted by Gasteiger charge is -2.07. The lowest BCUT2D eigenvalue weighted by molar-refractivity contribution is -0.201. The van der Waals surface area contributed by atoms with Crippen LogP contribution in [-0.4, -0.2) is 9.55 Å². The summed E-state index contributed by atoms with van der Waals surface area (Å²) in [5.41, 5.74) is 0.426. The van der Waals surface area contributed by atoms with Crippen LogP contribution in [0.4, 0.5) is 13.2 Å². The van der Waals surface area contributed by atoms with Gasteiger partial charge in [-0.15, -0.1) is 13.2 Å². The van der Waals surface area contributed by atoms with E-state index in [0.29, 0.717) is 5.52 Å². The highest BCUT2D eigenvalue weighted by molar-refractivity contribution is 5.75. The number of alkyl halides is 3. The molecule has 0 amide bonds. The summed E-state index contributed by atoms with van der Waals surface area (Å²) in [4.78, 5) is 3.63. The van der Waals surface area contributed by atoms with Crippen molar-refractivity contribution in [3.63, 3.8) is 0 Å². The fourth-order valence-electron chi connectivity index (χ4n) is 1.16. The molecule has 0 aliphatic carbocycles. The van der Waals surface area contributed by atoms with E-state index < -0.39 is 6.30 Å². The second-order valence-electron chi connectivity index (χ2n) is 2.57. The Morgan fingerprint density at radius 2 is 1.85 bits per heavy atom. The Morgan fingerprint density at radius 1 is 1.15 bits per heavy atom. The first-order valence-corrected chi connectivity index (χ1v) is 3.58. The molecule has 0 saturated heterocycles. The van der Waals surface area contributed by atoms with Crippen molar-refractivity contribution in [3.05, 3.63) is 30.6 Å². The van der Waals surface area contributed by atoms with E-state index >= 15 is 0 Å². The third kappa shape index (κ3) is 1.26. The fraction of sp³-hybridized carbons (Fsp3) is 0.125. The quantitative estimate of drug-likeness (QED) is 0.618. The molecule has 0 aliphatic rings. The third-order valence-electron chi connectivity index (χ3n) is 1.73. The molecule has 0 unspecified atom stereocenters. The zero-order valence-corrected chi connectivity index (χ0v) is 6.42. The maximum Gasteiger partial charge on any atom is 0.490 e. The van der Waals surface area contributed by atoms with E-state index in [9.17, 15) is 13.2 Å². The topological polar surface area (TPSA) is 17.8 Å². The van der Waals surface area contributed by atoms with Crippen LogP contribution in [0.15, 0.2) is 30.6 Å². The molecule has 1 aromatic heterocycles.